The van der Waals surface area contributed by atoms with E-state index >= 15 is 0 Å². The van der Waals surface area contributed by atoms with E-state index in [-0.39, 0.29) is 12.4 Å². The molecule has 2 bridgehead atoms. The van der Waals surface area contributed by atoms with Gasteiger partial charge in [0.15, 0.2) is 0 Å². The number of aliphatic carboxylic acids is 1. The zero-order valence-electron chi connectivity index (χ0n) is 15.0. The lowest BCUT2D eigenvalue weighted by atomic mass is 9.74. The summed E-state index contributed by atoms with van der Waals surface area (Å²) in [6.45, 7) is 0. The Balaban J connectivity index is 1.45. The van der Waals surface area contributed by atoms with Crippen LogP contribution in [0, 0.1) is 17.3 Å². The average Bonchev–Trinajstić information content (AvgIpc) is 3.26. The third-order valence-electron chi connectivity index (χ3n) is 5.86. The number of ether oxygens (including phenoxy) is 1. The van der Waals surface area contributed by atoms with E-state index in [9.17, 15) is 14.7 Å². The molecular formula is C23H22O4. The highest BCUT2D eigenvalue weighted by Crippen LogP contribution is 2.55. The summed E-state index contributed by atoms with van der Waals surface area (Å²) in [4.78, 5) is 24.1. The van der Waals surface area contributed by atoms with E-state index in [0.717, 1.165) is 17.5 Å². The van der Waals surface area contributed by atoms with Gasteiger partial charge in [0.05, 0.1) is 5.92 Å². The van der Waals surface area contributed by atoms with E-state index in [1.807, 2.05) is 54.6 Å². The summed E-state index contributed by atoms with van der Waals surface area (Å²) in [6, 6.07) is 17.3. The Labute approximate surface area is 158 Å². The van der Waals surface area contributed by atoms with Crippen molar-refractivity contribution >= 4 is 11.9 Å². The lowest BCUT2D eigenvalue weighted by Crippen LogP contribution is -2.30. The standard InChI is InChI=1S/C23H22O4/c24-21(11-13-23-12-10-16(15-23)14-19(23)22(25)26)27-20-9-5-4-8-18(20)17-6-2-1-3-7-17/h1-10,12,16,19H,11,13-15H2,(H,25,26). The predicted octanol–water partition coefficient (Wildman–Crippen LogP) is 4.71. The van der Waals surface area contributed by atoms with Crippen molar-refractivity contribution in [2.24, 2.45) is 17.3 Å². The molecule has 27 heavy (non-hydrogen) atoms. The average molecular weight is 362 g/mol. The monoisotopic (exact) mass is 362 g/mol. The number of benzene rings is 2. The largest absolute Gasteiger partial charge is 0.481 e. The Morgan fingerprint density at radius 3 is 2.56 bits per heavy atom. The van der Waals surface area contributed by atoms with Gasteiger partial charge in [-0.25, -0.2) is 0 Å². The molecule has 0 radical (unpaired) electrons. The summed E-state index contributed by atoms with van der Waals surface area (Å²) in [5.41, 5.74) is 1.46. The maximum atomic E-state index is 12.5. The van der Waals surface area contributed by atoms with Gasteiger partial charge in [-0.1, -0.05) is 60.7 Å². The predicted molar refractivity (Wildman–Crippen MR) is 102 cm³/mol. The fraction of sp³-hybridized carbons (Fsp3) is 0.304. The van der Waals surface area contributed by atoms with Crippen LogP contribution in [0.2, 0.25) is 0 Å². The summed E-state index contributed by atoms with van der Waals surface area (Å²) in [5, 5.41) is 9.51. The summed E-state index contributed by atoms with van der Waals surface area (Å²) in [5.74, 6) is -0.602. The van der Waals surface area contributed by atoms with E-state index in [4.69, 9.17) is 4.74 Å². The van der Waals surface area contributed by atoms with Crippen LogP contribution in [0.3, 0.4) is 0 Å². The first-order chi connectivity index (χ1) is 13.1. The SMILES string of the molecule is O=C(CCC12C=CC(CC1C(=O)O)C2)Oc1ccccc1-c1ccccc1. The number of fused-ring (bicyclic) bond motifs is 2. The van der Waals surface area contributed by atoms with Crippen molar-refractivity contribution in [3.63, 3.8) is 0 Å². The lowest BCUT2D eigenvalue weighted by Gasteiger charge is -2.29. The van der Waals surface area contributed by atoms with E-state index in [2.05, 4.69) is 6.08 Å². The number of carbonyl (C=O) groups excluding carboxylic acids is 1. The van der Waals surface area contributed by atoms with Crippen molar-refractivity contribution in [3.05, 3.63) is 66.7 Å². The smallest absolute Gasteiger partial charge is 0.311 e. The summed E-state index contributed by atoms with van der Waals surface area (Å²) in [7, 11) is 0. The molecule has 2 aliphatic carbocycles. The second-order valence-corrected chi connectivity index (χ2v) is 7.52. The van der Waals surface area contributed by atoms with Crippen LogP contribution in [0.15, 0.2) is 66.7 Å². The molecule has 1 fully saturated rings. The molecule has 3 atom stereocenters. The van der Waals surface area contributed by atoms with Gasteiger partial charge in [-0.05, 0) is 36.8 Å². The van der Waals surface area contributed by atoms with Gasteiger partial charge in [-0.15, -0.1) is 0 Å². The number of hydrogen-bond donors (Lipinski definition) is 1. The van der Waals surface area contributed by atoms with Crippen molar-refractivity contribution in [2.75, 3.05) is 0 Å². The van der Waals surface area contributed by atoms with Gasteiger partial charge in [0, 0.05) is 17.4 Å². The highest BCUT2D eigenvalue weighted by molar-refractivity contribution is 5.78. The Hall–Kier alpha value is -2.88. The fourth-order valence-corrected chi connectivity index (χ4v) is 4.54. The van der Waals surface area contributed by atoms with Crippen LogP contribution in [0.5, 0.6) is 5.75 Å². The van der Waals surface area contributed by atoms with Gasteiger partial charge in [0.1, 0.15) is 5.75 Å². The fourth-order valence-electron chi connectivity index (χ4n) is 4.54. The number of rotatable bonds is 6. The van der Waals surface area contributed by atoms with Crippen LogP contribution >= 0.6 is 0 Å². The maximum Gasteiger partial charge on any atom is 0.311 e. The van der Waals surface area contributed by atoms with E-state index in [1.54, 1.807) is 6.07 Å². The summed E-state index contributed by atoms with van der Waals surface area (Å²) in [6.07, 6.45) is 6.36. The Morgan fingerprint density at radius 1 is 1.07 bits per heavy atom. The second kappa shape index (κ2) is 7.03. The van der Waals surface area contributed by atoms with Gasteiger partial charge in [0.2, 0.25) is 0 Å². The van der Waals surface area contributed by atoms with Crippen molar-refractivity contribution < 1.29 is 19.4 Å². The molecule has 0 heterocycles. The number of hydrogen-bond acceptors (Lipinski definition) is 3. The number of esters is 1. The quantitative estimate of drug-likeness (QED) is 0.459. The molecule has 0 saturated heterocycles. The second-order valence-electron chi connectivity index (χ2n) is 7.52. The van der Waals surface area contributed by atoms with Crippen LogP contribution in [0.1, 0.15) is 25.7 Å². The molecule has 0 aromatic heterocycles. The highest BCUT2D eigenvalue weighted by Gasteiger charge is 2.51. The molecular weight excluding hydrogens is 340 g/mol. The molecule has 2 aliphatic rings. The van der Waals surface area contributed by atoms with Crippen molar-refractivity contribution in [1.82, 2.24) is 0 Å². The van der Waals surface area contributed by atoms with Crippen LogP contribution in [-0.2, 0) is 9.59 Å². The number of carboxylic acid groups (broad SMARTS) is 1. The molecule has 0 spiro atoms. The normalized spacial score (nSPS) is 25.5. The molecule has 4 nitrogen and oxygen atoms in total. The molecule has 4 rings (SSSR count). The lowest BCUT2D eigenvalue weighted by molar-refractivity contribution is -0.145. The van der Waals surface area contributed by atoms with Crippen LogP contribution in [-0.4, -0.2) is 17.0 Å². The maximum absolute atomic E-state index is 12.5. The molecule has 4 heteroatoms. The molecule has 138 valence electrons. The number of allylic oxidation sites excluding steroid dienone is 2. The molecule has 0 aliphatic heterocycles. The third kappa shape index (κ3) is 3.39. The van der Waals surface area contributed by atoms with Gasteiger partial charge in [0.25, 0.3) is 0 Å². The molecule has 3 unspecified atom stereocenters. The first-order valence-electron chi connectivity index (χ1n) is 9.35. The Morgan fingerprint density at radius 2 is 1.81 bits per heavy atom. The number of para-hydroxylation sites is 1. The molecule has 2 aromatic carbocycles. The van der Waals surface area contributed by atoms with Crippen LogP contribution in [0.4, 0.5) is 0 Å². The van der Waals surface area contributed by atoms with E-state index < -0.39 is 17.3 Å². The third-order valence-corrected chi connectivity index (χ3v) is 5.86. The Bertz CT molecular complexity index is 886. The van der Waals surface area contributed by atoms with Crippen LogP contribution < -0.4 is 4.74 Å². The van der Waals surface area contributed by atoms with Crippen molar-refractivity contribution in [1.29, 1.82) is 0 Å². The highest BCUT2D eigenvalue weighted by atomic mass is 16.5. The van der Waals surface area contributed by atoms with Gasteiger partial charge >= 0.3 is 11.9 Å². The minimum absolute atomic E-state index is 0.212. The number of carbonyl (C=O) groups is 2. The summed E-state index contributed by atoms with van der Waals surface area (Å²) >= 11 is 0. The molecule has 1 N–H and O–H groups in total. The van der Waals surface area contributed by atoms with Gasteiger partial charge in [-0.3, -0.25) is 9.59 Å². The van der Waals surface area contributed by atoms with Crippen molar-refractivity contribution in [2.45, 2.75) is 25.7 Å². The Kier molecular flexibility index (Phi) is 4.56. The minimum atomic E-state index is -0.760. The molecule has 0 amide bonds. The van der Waals surface area contributed by atoms with Gasteiger partial charge < -0.3 is 9.84 Å². The molecule has 2 aromatic rings. The first kappa shape index (κ1) is 17.5. The molecule has 1 saturated carbocycles. The van der Waals surface area contributed by atoms with Gasteiger partial charge in [-0.2, -0.15) is 0 Å². The first-order valence-corrected chi connectivity index (χ1v) is 9.35. The number of carboxylic acids is 1. The van der Waals surface area contributed by atoms with Crippen LogP contribution in [0.25, 0.3) is 11.1 Å². The van der Waals surface area contributed by atoms with E-state index in [0.29, 0.717) is 24.5 Å². The summed E-state index contributed by atoms with van der Waals surface area (Å²) < 4.78 is 5.65. The minimum Gasteiger partial charge on any atom is -0.481 e. The van der Waals surface area contributed by atoms with Crippen molar-refractivity contribution in [3.8, 4) is 16.9 Å². The zero-order chi connectivity index (χ0) is 18.9. The topological polar surface area (TPSA) is 63.6 Å². The van der Waals surface area contributed by atoms with E-state index in [1.165, 1.54) is 0 Å². The zero-order valence-corrected chi connectivity index (χ0v) is 15.0.